The largest absolute Gasteiger partial charge is 0.497 e. The molecule has 1 aliphatic heterocycles. The summed E-state index contributed by atoms with van der Waals surface area (Å²) in [6, 6.07) is 9.86. The molecule has 0 saturated carbocycles. The van der Waals surface area contributed by atoms with E-state index in [2.05, 4.69) is 15.2 Å². The summed E-state index contributed by atoms with van der Waals surface area (Å²) in [6.07, 6.45) is 3.86. The molecule has 0 bridgehead atoms. The van der Waals surface area contributed by atoms with Crippen molar-refractivity contribution in [3.63, 3.8) is 0 Å². The monoisotopic (exact) mass is 427 g/mol. The number of thiophene rings is 1. The van der Waals surface area contributed by atoms with E-state index in [0.717, 1.165) is 47.1 Å². The number of nitrogens with zero attached hydrogens (tertiary/aromatic N) is 2. The quantitative estimate of drug-likeness (QED) is 0.570. The number of hydrogen-bond acceptors (Lipinski definition) is 6. The highest BCUT2D eigenvalue weighted by Gasteiger charge is 2.16. The molecule has 3 aromatic rings. The van der Waals surface area contributed by atoms with Gasteiger partial charge in [-0.25, -0.2) is 4.98 Å². The van der Waals surface area contributed by atoms with E-state index in [0.29, 0.717) is 10.0 Å². The molecule has 4 rings (SSSR count). The molecule has 1 fully saturated rings. The highest BCUT2D eigenvalue weighted by atomic mass is 32.1. The maximum Gasteiger partial charge on any atom is 0.267 e. The first-order chi connectivity index (χ1) is 14.1. The van der Waals surface area contributed by atoms with Gasteiger partial charge in [-0.05, 0) is 62.2 Å². The van der Waals surface area contributed by atoms with E-state index in [9.17, 15) is 4.79 Å². The summed E-state index contributed by atoms with van der Waals surface area (Å²) in [4.78, 5) is 21.6. The van der Waals surface area contributed by atoms with E-state index in [1.54, 1.807) is 7.11 Å². The fraction of sp³-hybridized carbons (Fsp3) is 0.364. The number of amides is 1. The molecule has 1 saturated heterocycles. The Morgan fingerprint density at radius 2 is 1.97 bits per heavy atom. The summed E-state index contributed by atoms with van der Waals surface area (Å²) in [5, 5.41) is 5.68. The van der Waals surface area contributed by atoms with Gasteiger partial charge in [-0.2, -0.15) is 0 Å². The summed E-state index contributed by atoms with van der Waals surface area (Å²) >= 11 is 3.00. The number of anilines is 1. The normalized spacial score (nSPS) is 14.7. The average molecular weight is 428 g/mol. The van der Waals surface area contributed by atoms with Crippen LogP contribution >= 0.6 is 22.7 Å². The van der Waals surface area contributed by atoms with Gasteiger partial charge in [-0.3, -0.25) is 15.0 Å². The zero-order valence-corrected chi connectivity index (χ0v) is 18.4. The maximum absolute atomic E-state index is 12.7. The minimum absolute atomic E-state index is 0.100. The smallest absolute Gasteiger partial charge is 0.267 e. The fourth-order valence-electron chi connectivity index (χ4n) is 3.59. The molecule has 0 unspecified atom stereocenters. The predicted octanol–water partition coefficient (Wildman–Crippen LogP) is 5.43. The van der Waals surface area contributed by atoms with Gasteiger partial charge in [0.25, 0.3) is 5.91 Å². The van der Waals surface area contributed by atoms with E-state index >= 15 is 0 Å². The van der Waals surface area contributed by atoms with E-state index < -0.39 is 0 Å². The van der Waals surface area contributed by atoms with Crippen molar-refractivity contribution < 1.29 is 9.53 Å². The van der Waals surface area contributed by atoms with Crippen molar-refractivity contribution >= 4 is 33.7 Å². The summed E-state index contributed by atoms with van der Waals surface area (Å²) in [5.74, 6) is 0.723. The lowest BCUT2D eigenvalue weighted by molar-refractivity contribution is 0.103. The SMILES string of the molecule is COc1ccc(-c2cc(C(=O)Nc3nc(CN4CCCCC4)cs3)sc2C)cc1. The molecule has 29 heavy (non-hydrogen) atoms. The van der Waals surface area contributed by atoms with Crippen LogP contribution in [0.3, 0.4) is 0 Å². The van der Waals surface area contributed by atoms with E-state index in [4.69, 9.17) is 4.74 Å². The third-order valence-electron chi connectivity index (χ3n) is 5.15. The van der Waals surface area contributed by atoms with Crippen molar-refractivity contribution in [1.82, 2.24) is 9.88 Å². The Kier molecular flexibility index (Phi) is 6.28. The number of ether oxygens (including phenoxy) is 1. The van der Waals surface area contributed by atoms with Gasteiger partial charge in [0.05, 0.1) is 17.7 Å². The van der Waals surface area contributed by atoms with Gasteiger partial charge in [-0.15, -0.1) is 22.7 Å². The third-order valence-corrected chi connectivity index (χ3v) is 7.00. The van der Waals surface area contributed by atoms with Crippen molar-refractivity contribution in [2.75, 3.05) is 25.5 Å². The highest BCUT2D eigenvalue weighted by Crippen LogP contribution is 2.32. The van der Waals surface area contributed by atoms with Gasteiger partial charge >= 0.3 is 0 Å². The molecule has 1 aliphatic rings. The molecular weight excluding hydrogens is 402 g/mol. The van der Waals surface area contributed by atoms with Gasteiger partial charge < -0.3 is 4.74 Å². The number of methoxy groups -OCH3 is 1. The Morgan fingerprint density at radius 1 is 1.21 bits per heavy atom. The molecule has 1 N–H and O–H groups in total. The second-order valence-electron chi connectivity index (χ2n) is 7.24. The number of hydrogen-bond donors (Lipinski definition) is 1. The number of carbonyl (C=O) groups is 1. The summed E-state index contributed by atoms with van der Waals surface area (Å²) < 4.78 is 5.22. The molecule has 0 aliphatic carbocycles. The Hall–Kier alpha value is -2.22. The summed E-state index contributed by atoms with van der Waals surface area (Å²) in [7, 11) is 1.66. The number of piperidine rings is 1. The van der Waals surface area contributed by atoms with Crippen LogP contribution in [0.5, 0.6) is 5.75 Å². The first-order valence-corrected chi connectivity index (χ1v) is 11.5. The summed E-state index contributed by atoms with van der Waals surface area (Å²) in [5.41, 5.74) is 3.19. The molecule has 5 nitrogen and oxygen atoms in total. The van der Waals surface area contributed by atoms with Crippen LogP contribution in [0.2, 0.25) is 0 Å². The Balaban J connectivity index is 1.42. The lowest BCUT2D eigenvalue weighted by Crippen LogP contribution is -2.29. The van der Waals surface area contributed by atoms with Crippen molar-refractivity contribution in [2.24, 2.45) is 0 Å². The minimum Gasteiger partial charge on any atom is -0.497 e. The summed E-state index contributed by atoms with van der Waals surface area (Å²) in [6.45, 7) is 5.19. The Labute approximate surface area is 179 Å². The third kappa shape index (κ3) is 4.86. The van der Waals surface area contributed by atoms with Crippen LogP contribution in [0.15, 0.2) is 35.7 Å². The molecule has 1 aromatic carbocycles. The number of thiazole rings is 1. The van der Waals surface area contributed by atoms with Crippen LogP contribution in [0.25, 0.3) is 11.1 Å². The average Bonchev–Trinajstić information content (AvgIpc) is 3.35. The van der Waals surface area contributed by atoms with Gasteiger partial charge in [0.2, 0.25) is 0 Å². The number of benzene rings is 1. The predicted molar refractivity (Wildman–Crippen MR) is 120 cm³/mol. The molecule has 0 atom stereocenters. The topological polar surface area (TPSA) is 54.5 Å². The van der Waals surface area contributed by atoms with Crippen LogP contribution in [0.1, 0.15) is 39.5 Å². The van der Waals surface area contributed by atoms with Crippen LogP contribution in [0, 0.1) is 6.92 Å². The van der Waals surface area contributed by atoms with E-state index in [1.165, 1.54) is 41.9 Å². The zero-order valence-electron chi connectivity index (χ0n) is 16.7. The van der Waals surface area contributed by atoms with E-state index in [1.807, 2.05) is 42.6 Å². The van der Waals surface area contributed by atoms with Gasteiger partial charge in [-0.1, -0.05) is 18.6 Å². The van der Waals surface area contributed by atoms with Crippen molar-refractivity contribution in [1.29, 1.82) is 0 Å². The number of aryl methyl sites for hydroxylation is 1. The molecule has 1 amide bonds. The van der Waals surface area contributed by atoms with Crippen LogP contribution in [-0.4, -0.2) is 36.0 Å². The van der Waals surface area contributed by atoms with Crippen LogP contribution in [0.4, 0.5) is 5.13 Å². The lowest BCUT2D eigenvalue weighted by Gasteiger charge is -2.25. The standard InChI is InChI=1S/C22H25N3O2S2/c1-15-19(16-6-8-18(27-2)9-7-16)12-20(29-15)21(26)24-22-23-17(14-28-22)13-25-10-4-3-5-11-25/h6-9,12,14H,3-5,10-11,13H2,1-2H3,(H,23,24,26). The molecule has 7 heteroatoms. The number of likely N-dealkylation sites (tertiary alicyclic amines) is 1. The van der Waals surface area contributed by atoms with Crippen molar-refractivity contribution in [3.8, 4) is 16.9 Å². The van der Waals surface area contributed by atoms with Crippen LogP contribution < -0.4 is 10.1 Å². The molecule has 2 aromatic heterocycles. The molecule has 0 spiro atoms. The van der Waals surface area contributed by atoms with Gasteiger partial charge in [0.1, 0.15) is 5.75 Å². The number of rotatable bonds is 6. The molecule has 3 heterocycles. The number of carbonyl (C=O) groups excluding carboxylic acids is 1. The first-order valence-electron chi connectivity index (χ1n) is 9.85. The number of nitrogens with one attached hydrogen (secondary N) is 1. The van der Waals surface area contributed by atoms with E-state index in [-0.39, 0.29) is 5.91 Å². The van der Waals surface area contributed by atoms with Gasteiger partial charge in [0, 0.05) is 16.8 Å². The van der Waals surface area contributed by atoms with Crippen LogP contribution in [-0.2, 0) is 6.54 Å². The Morgan fingerprint density at radius 3 is 2.69 bits per heavy atom. The molecule has 0 radical (unpaired) electrons. The fourth-order valence-corrected chi connectivity index (χ4v) is 5.23. The second-order valence-corrected chi connectivity index (χ2v) is 9.36. The van der Waals surface area contributed by atoms with Crippen molar-refractivity contribution in [2.45, 2.75) is 32.7 Å². The minimum atomic E-state index is -0.100. The van der Waals surface area contributed by atoms with Crippen molar-refractivity contribution in [3.05, 3.63) is 51.2 Å². The lowest BCUT2D eigenvalue weighted by atomic mass is 10.1. The van der Waals surface area contributed by atoms with Gasteiger partial charge in [0.15, 0.2) is 5.13 Å². The maximum atomic E-state index is 12.7. The highest BCUT2D eigenvalue weighted by molar-refractivity contribution is 7.15. The second kappa shape index (κ2) is 9.07. The zero-order chi connectivity index (χ0) is 20.2. The Bertz CT molecular complexity index is 972. The molecular formula is C22H25N3O2S2. The first kappa shape index (κ1) is 20.1. The molecule has 152 valence electrons. The number of aromatic nitrogens is 1.